The van der Waals surface area contributed by atoms with Crippen LogP contribution in [-0.2, 0) is 0 Å². The van der Waals surface area contributed by atoms with E-state index >= 15 is 0 Å². The van der Waals surface area contributed by atoms with Crippen molar-refractivity contribution in [3.63, 3.8) is 0 Å². The quantitative estimate of drug-likeness (QED) is 0.845. The van der Waals surface area contributed by atoms with Crippen molar-refractivity contribution >= 4 is 29.6 Å². The molecule has 1 rings (SSSR count). The van der Waals surface area contributed by atoms with Gasteiger partial charge in [0.25, 0.3) is 11.8 Å². The summed E-state index contributed by atoms with van der Waals surface area (Å²) in [6.45, 7) is 0. The predicted octanol–water partition coefficient (Wildman–Crippen LogP) is 1.16. The molecule has 0 atom stereocenters. The number of amides is 2. The molecule has 5 nitrogen and oxygen atoms in total. The average molecular weight is 280 g/mol. The van der Waals surface area contributed by atoms with Crippen LogP contribution in [0.2, 0.25) is 0 Å². The number of benzene rings is 1. The van der Waals surface area contributed by atoms with Gasteiger partial charge in [0.05, 0.1) is 0 Å². The van der Waals surface area contributed by atoms with Gasteiger partial charge in [-0.3, -0.25) is 14.4 Å². The Hall–Kier alpha value is -1.82. The molecule has 102 valence electrons. The van der Waals surface area contributed by atoms with Crippen LogP contribution in [0.1, 0.15) is 31.1 Å². The van der Waals surface area contributed by atoms with Crippen LogP contribution in [0.5, 0.6) is 0 Å². The minimum atomic E-state index is -0.485. The summed E-state index contributed by atoms with van der Waals surface area (Å²) in [4.78, 5) is 38.0. The van der Waals surface area contributed by atoms with Crippen LogP contribution in [-0.4, -0.2) is 54.9 Å². The van der Waals surface area contributed by atoms with Crippen molar-refractivity contribution in [3.05, 3.63) is 34.9 Å². The van der Waals surface area contributed by atoms with Gasteiger partial charge >= 0.3 is 0 Å². The Morgan fingerprint density at radius 1 is 0.789 bits per heavy atom. The van der Waals surface area contributed by atoms with Crippen LogP contribution in [0.3, 0.4) is 0 Å². The van der Waals surface area contributed by atoms with Crippen LogP contribution >= 0.6 is 12.6 Å². The first-order valence-corrected chi connectivity index (χ1v) is 6.00. The summed E-state index contributed by atoms with van der Waals surface area (Å²) in [7, 11) is 6.41. The second-order valence-electron chi connectivity index (χ2n) is 4.50. The van der Waals surface area contributed by atoms with E-state index in [0.717, 1.165) is 0 Å². The van der Waals surface area contributed by atoms with Crippen molar-refractivity contribution in [2.75, 3.05) is 28.2 Å². The Morgan fingerprint density at radius 2 is 1.11 bits per heavy atom. The predicted molar refractivity (Wildman–Crippen MR) is 75.8 cm³/mol. The highest BCUT2D eigenvalue weighted by molar-refractivity contribution is 7.97. The SMILES string of the molecule is CN(C)C(=O)c1cc(C(=O)S)cc(C(=O)N(C)C)c1. The highest BCUT2D eigenvalue weighted by Gasteiger charge is 2.17. The third kappa shape index (κ3) is 3.57. The van der Waals surface area contributed by atoms with Crippen molar-refractivity contribution in [2.45, 2.75) is 0 Å². The lowest BCUT2D eigenvalue weighted by atomic mass is 10.0. The lowest BCUT2D eigenvalue weighted by molar-refractivity contribution is 0.0826. The van der Waals surface area contributed by atoms with Gasteiger partial charge in [0.15, 0.2) is 0 Å². The number of nitrogens with zero attached hydrogens (tertiary/aromatic N) is 2. The minimum Gasteiger partial charge on any atom is -0.345 e. The Labute approximate surface area is 117 Å². The fourth-order valence-corrected chi connectivity index (χ4v) is 1.64. The number of hydrogen-bond donors (Lipinski definition) is 1. The maximum absolute atomic E-state index is 11.9. The highest BCUT2D eigenvalue weighted by Crippen LogP contribution is 2.15. The molecular formula is C13H16N2O3S. The Balaban J connectivity index is 3.38. The lowest BCUT2D eigenvalue weighted by Crippen LogP contribution is -2.25. The number of carbonyl (C=O) groups excluding carboxylic acids is 3. The van der Waals surface area contributed by atoms with Crippen molar-refractivity contribution in [1.82, 2.24) is 9.80 Å². The lowest BCUT2D eigenvalue weighted by Gasteiger charge is -2.14. The molecule has 0 radical (unpaired) electrons. The molecule has 19 heavy (non-hydrogen) atoms. The van der Waals surface area contributed by atoms with E-state index in [2.05, 4.69) is 12.6 Å². The summed E-state index contributed by atoms with van der Waals surface area (Å²) in [6, 6.07) is 4.35. The van der Waals surface area contributed by atoms with E-state index in [1.165, 1.54) is 28.0 Å². The first kappa shape index (κ1) is 15.2. The molecule has 0 aromatic heterocycles. The summed E-state index contributed by atoms with van der Waals surface area (Å²) in [6.07, 6.45) is 0. The molecule has 0 bridgehead atoms. The van der Waals surface area contributed by atoms with Gasteiger partial charge in [-0.1, -0.05) is 0 Å². The van der Waals surface area contributed by atoms with Crippen LogP contribution in [0.15, 0.2) is 18.2 Å². The van der Waals surface area contributed by atoms with E-state index in [1.54, 1.807) is 28.2 Å². The number of thiol groups is 1. The number of rotatable bonds is 3. The molecule has 1 aromatic rings. The zero-order valence-corrected chi connectivity index (χ0v) is 12.2. The van der Waals surface area contributed by atoms with Gasteiger partial charge in [-0.25, -0.2) is 0 Å². The molecule has 0 spiro atoms. The van der Waals surface area contributed by atoms with E-state index in [9.17, 15) is 14.4 Å². The van der Waals surface area contributed by atoms with Crippen molar-refractivity contribution in [1.29, 1.82) is 0 Å². The van der Waals surface area contributed by atoms with Gasteiger partial charge in [0.1, 0.15) is 0 Å². The van der Waals surface area contributed by atoms with Crippen molar-refractivity contribution < 1.29 is 14.4 Å². The molecule has 0 aliphatic heterocycles. The van der Waals surface area contributed by atoms with Gasteiger partial charge in [-0.15, -0.1) is 12.6 Å². The smallest absolute Gasteiger partial charge is 0.253 e. The highest BCUT2D eigenvalue weighted by atomic mass is 32.1. The van der Waals surface area contributed by atoms with Crippen LogP contribution in [0.25, 0.3) is 0 Å². The molecule has 0 aliphatic rings. The molecule has 0 saturated carbocycles. The first-order chi connectivity index (χ1) is 8.73. The third-order valence-electron chi connectivity index (χ3n) is 2.49. The van der Waals surface area contributed by atoms with Gasteiger partial charge in [-0.05, 0) is 18.2 Å². The average Bonchev–Trinajstić information content (AvgIpc) is 2.35. The normalized spacial score (nSPS) is 9.95. The van der Waals surface area contributed by atoms with Gasteiger partial charge in [-0.2, -0.15) is 0 Å². The maximum atomic E-state index is 11.9. The molecule has 6 heteroatoms. The zero-order valence-electron chi connectivity index (χ0n) is 11.3. The second kappa shape index (κ2) is 5.88. The first-order valence-electron chi connectivity index (χ1n) is 5.55. The monoisotopic (exact) mass is 280 g/mol. The van der Waals surface area contributed by atoms with E-state index in [-0.39, 0.29) is 28.5 Å². The molecule has 0 aliphatic carbocycles. The maximum Gasteiger partial charge on any atom is 0.253 e. The van der Waals surface area contributed by atoms with Gasteiger partial charge in [0.2, 0.25) is 5.12 Å². The molecule has 0 fully saturated rings. The van der Waals surface area contributed by atoms with Crippen LogP contribution in [0.4, 0.5) is 0 Å². The standard InChI is InChI=1S/C13H16N2O3S/c1-14(2)11(16)8-5-9(12(17)15(3)4)7-10(6-8)13(18)19/h5-7H,1-4H3,(H,18,19). The summed E-state index contributed by atoms with van der Waals surface area (Å²) in [5.74, 6) is -0.548. The number of hydrogen-bond acceptors (Lipinski definition) is 3. The van der Waals surface area contributed by atoms with E-state index in [4.69, 9.17) is 0 Å². The third-order valence-corrected chi connectivity index (χ3v) is 2.74. The van der Waals surface area contributed by atoms with Crippen LogP contribution in [0, 0.1) is 0 Å². The fourth-order valence-electron chi connectivity index (χ4n) is 1.51. The minimum absolute atomic E-state index is 0.223. The van der Waals surface area contributed by atoms with Crippen molar-refractivity contribution in [3.8, 4) is 0 Å². The topological polar surface area (TPSA) is 57.7 Å². The van der Waals surface area contributed by atoms with E-state index in [0.29, 0.717) is 0 Å². The Kier molecular flexibility index (Phi) is 4.72. The zero-order chi connectivity index (χ0) is 14.7. The Morgan fingerprint density at radius 3 is 1.37 bits per heavy atom. The summed E-state index contributed by atoms with van der Waals surface area (Å²) in [5.41, 5.74) is 0.798. The van der Waals surface area contributed by atoms with E-state index in [1.807, 2.05) is 0 Å². The molecule has 0 N–H and O–H groups in total. The largest absolute Gasteiger partial charge is 0.345 e. The summed E-state index contributed by atoms with van der Waals surface area (Å²) >= 11 is 3.73. The molecule has 1 aromatic carbocycles. The molecule has 0 unspecified atom stereocenters. The molecule has 2 amide bonds. The summed E-state index contributed by atoms with van der Waals surface area (Å²) < 4.78 is 0. The molecule has 0 saturated heterocycles. The second-order valence-corrected chi connectivity index (χ2v) is 4.91. The summed E-state index contributed by atoms with van der Waals surface area (Å²) in [5, 5.41) is -0.485. The van der Waals surface area contributed by atoms with Gasteiger partial charge in [0, 0.05) is 44.9 Å². The Bertz CT molecular complexity index is 500. The van der Waals surface area contributed by atoms with Crippen molar-refractivity contribution in [2.24, 2.45) is 0 Å². The number of carbonyl (C=O) groups is 3. The van der Waals surface area contributed by atoms with Gasteiger partial charge < -0.3 is 9.80 Å². The van der Waals surface area contributed by atoms with E-state index < -0.39 is 5.12 Å². The molecular weight excluding hydrogens is 264 g/mol. The molecule has 0 heterocycles. The fraction of sp³-hybridized carbons (Fsp3) is 0.308. The van der Waals surface area contributed by atoms with Crippen LogP contribution < -0.4 is 0 Å².